The van der Waals surface area contributed by atoms with Crippen molar-refractivity contribution in [1.82, 2.24) is 24.9 Å². The summed E-state index contributed by atoms with van der Waals surface area (Å²) in [5.41, 5.74) is 9.86. The van der Waals surface area contributed by atoms with Crippen LogP contribution in [0, 0.1) is 0 Å². The normalized spacial score (nSPS) is 10.9. The molecule has 0 aliphatic carbocycles. The Bertz CT molecular complexity index is 1700. The van der Waals surface area contributed by atoms with Gasteiger partial charge in [0.2, 0.25) is 0 Å². The monoisotopic (exact) mass is 539 g/mol. The van der Waals surface area contributed by atoms with E-state index in [-0.39, 0.29) is 0 Å². The lowest BCUT2D eigenvalue weighted by molar-refractivity contribution is 1.17. The summed E-state index contributed by atoms with van der Waals surface area (Å²) < 4.78 is 0. The first-order valence-electron chi connectivity index (χ1n) is 13.8. The molecule has 0 radical (unpaired) electrons. The number of hydrogen-bond donors (Lipinski definition) is 0. The average molecular weight is 540 g/mol. The molecule has 198 valence electrons. The minimum Gasteiger partial charge on any atom is -0.255 e. The first kappa shape index (κ1) is 25.2. The van der Waals surface area contributed by atoms with Gasteiger partial charge in [-0.25, -0.2) is 15.0 Å². The van der Waals surface area contributed by atoms with Crippen molar-refractivity contribution >= 4 is 0 Å². The Morgan fingerprint density at radius 1 is 0.286 bits per heavy atom. The zero-order valence-corrected chi connectivity index (χ0v) is 22.7. The standard InChI is InChI=1S/C37H25N5/c1-4-12-26(13-5-1)30-23-35(31-18-10-11-20-38-31)40-36(24-30)34-22-29(19-21-39-34)37-41-32(27-14-6-2-7-15-27)25-33(42-37)28-16-8-3-9-17-28/h1-25H. The van der Waals surface area contributed by atoms with Crippen LogP contribution in [0.25, 0.3) is 67.8 Å². The number of nitrogens with zero attached hydrogens (tertiary/aromatic N) is 5. The maximum atomic E-state index is 5.00. The van der Waals surface area contributed by atoms with E-state index in [1.807, 2.05) is 91.0 Å². The van der Waals surface area contributed by atoms with Crippen LogP contribution in [0.5, 0.6) is 0 Å². The van der Waals surface area contributed by atoms with Gasteiger partial charge in [0.1, 0.15) is 0 Å². The van der Waals surface area contributed by atoms with Gasteiger partial charge in [-0.15, -0.1) is 0 Å². The molecule has 0 amide bonds. The lowest BCUT2D eigenvalue weighted by Gasteiger charge is -2.11. The van der Waals surface area contributed by atoms with Gasteiger partial charge >= 0.3 is 0 Å². The highest BCUT2D eigenvalue weighted by Gasteiger charge is 2.14. The van der Waals surface area contributed by atoms with Crippen molar-refractivity contribution in [3.05, 3.63) is 152 Å². The summed E-state index contributed by atoms with van der Waals surface area (Å²) in [6.07, 6.45) is 3.58. The Morgan fingerprint density at radius 2 is 0.810 bits per heavy atom. The smallest absolute Gasteiger partial charge is 0.160 e. The molecular weight excluding hydrogens is 514 g/mol. The Hall–Kier alpha value is -5.81. The van der Waals surface area contributed by atoms with Crippen molar-refractivity contribution in [2.24, 2.45) is 0 Å². The Kier molecular flexibility index (Phi) is 6.81. The van der Waals surface area contributed by atoms with E-state index >= 15 is 0 Å². The van der Waals surface area contributed by atoms with E-state index in [4.69, 9.17) is 19.9 Å². The third kappa shape index (κ3) is 5.31. The molecule has 5 nitrogen and oxygen atoms in total. The molecule has 0 N–H and O–H groups in total. The molecule has 0 bridgehead atoms. The van der Waals surface area contributed by atoms with Crippen LogP contribution >= 0.6 is 0 Å². The molecule has 0 aliphatic heterocycles. The van der Waals surface area contributed by atoms with E-state index in [2.05, 4.69) is 53.5 Å². The first-order chi connectivity index (χ1) is 20.8. The maximum absolute atomic E-state index is 5.00. The van der Waals surface area contributed by atoms with Crippen molar-refractivity contribution < 1.29 is 0 Å². The van der Waals surface area contributed by atoms with E-state index in [0.29, 0.717) is 5.82 Å². The second-order valence-electron chi connectivity index (χ2n) is 9.83. The molecule has 0 spiro atoms. The zero-order valence-electron chi connectivity index (χ0n) is 22.7. The van der Waals surface area contributed by atoms with Crippen LogP contribution in [0.4, 0.5) is 0 Å². The number of aromatic nitrogens is 5. The van der Waals surface area contributed by atoms with Gasteiger partial charge in [-0.1, -0.05) is 97.1 Å². The van der Waals surface area contributed by atoms with E-state index < -0.39 is 0 Å². The molecule has 7 rings (SSSR count). The van der Waals surface area contributed by atoms with E-state index in [0.717, 1.165) is 62.0 Å². The minimum atomic E-state index is 0.628. The summed E-state index contributed by atoms with van der Waals surface area (Å²) in [5, 5.41) is 0. The third-order valence-electron chi connectivity index (χ3n) is 7.01. The predicted octanol–water partition coefficient (Wildman–Crippen LogP) is 8.66. The molecular formula is C37H25N5. The fraction of sp³-hybridized carbons (Fsp3) is 0. The second kappa shape index (κ2) is 11.4. The number of hydrogen-bond acceptors (Lipinski definition) is 5. The van der Waals surface area contributed by atoms with Crippen molar-refractivity contribution in [3.63, 3.8) is 0 Å². The first-order valence-corrected chi connectivity index (χ1v) is 13.8. The summed E-state index contributed by atoms with van der Waals surface area (Å²) >= 11 is 0. The average Bonchev–Trinajstić information content (AvgIpc) is 3.09. The van der Waals surface area contributed by atoms with Gasteiger partial charge in [0.25, 0.3) is 0 Å². The van der Waals surface area contributed by atoms with Crippen LogP contribution in [0.1, 0.15) is 0 Å². The highest BCUT2D eigenvalue weighted by molar-refractivity contribution is 5.77. The van der Waals surface area contributed by atoms with Crippen molar-refractivity contribution in [1.29, 1.82) is 0 Å². The lowest BCUT2D eigenvalue weighted by Crippen LogP contribution is -1.98. The molecule has 0 atom stereocenters. The minimum absolute atomic E-state index is 0.628. The van der Waals surface area contributed by atoms with Crippen LogP contribution in [0.3, 0.4) is 0 Å². The molecule has 4 aromatic heterocycles. The molecule has 7 aromatic rings. The van der Waals surface area contributed by atoms with Gasteiger partial charge in [0.15, 0.2) is 5.82 Å². The predicted molar refractivity (Wildman–Crippen MR) is 168 cm³/mol. The van der Waals surface area contributed by atoms with Gasteiger partial charge in [-0.05, 0) is 53.6 Å². The van der Waals surface area contributed by atoms with Crippen molar-refractivity contribution in [2.75, 3.05) is 0 Å². The fourth-order valence-corrected chi connectivity index (χ4v) is 4.90. The van der Waals surface area contributed by atoms with E-state index in [9.17, 15) is 0 Å². The van der Waals surface area contributed by atoms with Crippen LogP contribution in [0.2, 0.25) is 0 Å². The largest absolute Gasteiger partial charge is 0.255 e. The quantitative estimate of drug-likeness (QED) is 0.212. The molecule has 4 heterocycles. The molecule has 0 fully saturated rings. The number of rotatable bonds is 6. The highest BCUT2D eigenvalue weighted by atomic mass is 14.9. The number of pyridine rings is 3. The van der Waals surface area contributed by atoms with Crippen molar-refractivity contribution in [2.45, 2.75) is 0 Å². The SMILES string of the molecule is c1ccc(-c2cc(-c3ccccn3)nc(-c3cc(-c4nc(-c5ccccc5)cc(-c5ccccc5)n4)ccn3)c2)cc1. The van der Waals surface area contributed by atoms with Crippen molar-refractivity contribution in [3.8, 4) is 67.8 Å². The summed E-state index contributed by atoms with van der Waals surface area (Å²) in [6.45, 7) is 0. The molecule has 5 heteroatoms. The second-order valence-corrected chi connectivity index (χ2v) is 9.83. The molecule has 0 unspecified atom stereocenters. The van der Waals surface area contributed by atoms with Gasteiger partial charge in [0.05, 0.1) is 34.2 Å². The molecule has 0 saturated carbocycles. The molecule has 42 heavy (non-hydrogen) atoms. The molecule has 0 saturated heterocycles. The topological polar surface area (TPSA) is 64.5 Å². The Balaban J connectivity index is 1.37. The van der Waals surface area contributed by atoms with E-state index in [1.165, 1.54) is 0 Å². The van der Waals surface area contributed by atoms with Gasteiger partial charge < -0.3 is 0 Å². The lowest BCUT2D eigenvalue weighted by atomic mass is 10.0. The number of benzene rings is 3. The molecule has 3 aromatic carbocycles. The summed E-state index contributed by atoms with van der Waals surface area (Å²) in [6, 6.07) is 46.7. The van der Waals surface area contributed by atoms with Gasteiger partial charge in [0, 0.05) is 29.1 Å². The zero-order chi connectivity index (χ0) is 28.1. The molecule has 0 aliphatic rings. The highest BCUT2D eigenvalue weighted by Crippen LogP contribution is 2.31. The van der Waals surface area contributed by atoms with E-state index in [1.54, 1.807) is 12.4 Å². The van der Waals surface area contributed by atoms with Crippen LogP contribution in [0.15, 0.2) is 152 Å². The summed E-state index contributed by atoms with van der Waals surface area (Å²) in [5.74, 6) is 0.628. The maximum Gasteiger partial charge on any atom is 0.160 e. The Labute approximate surface area is 244 Å². The fourth-order valence-electron chi connectivity index (χ4n) is 4.90. The summed E-state index contributed by atoms with van der Waals surface area (Å²) in [4.78, 5) is 24.3. The van der Waals surface area contributed by atoms with Crippen LogP contribution < -0.4 is 0 Å². The summed E-state index contributed by atoms with van der Waals surface area (Å²) in [7, 11) is 0. The van der Waals surface area contributed by atoms with Gasteiger partial charge in [-0.3, -0.25) is 9.97 Å². The third-order valence-corrected chi connectivity index (χ3v) is 7.01. The van der Waals surface area contributed by atoms with Crippen LogP contribution in [-0.2, 0) is 0 Å². The van der Waals surface area contributed by atoms with Gasteiger partial charge in [-0.2, -0.15) is 0 Å². The Morgan fingerprint density at radius 3 is 1.40 bits per heavy atom. The van der Waals surface area contributed by atoms with Crippen LogP contribution in [-0.4, -0.2) is 24.9 Å².